The minimum Gasteiger partial charge on any atom is -0.483 e. The lowest BCUT2D eigenvalue weighted by Crippen LogP contribution is -2.20. The Morgan fingerprint density at radius 2 is 1.88 bits per heavy atom. The molecule has 3 rings (SSSR count). The highest BCUT2D eigenvalue weighted by Gasteiger charge is 2.22. The molecule has 0 unspecified atom stereocenters. The van der Waals surface area contributed by atoms with Gasteiger partial charge in [0, 0.05) is 11.3 Å². The second kappa shape index (κ2) is 7.96. The highest BCUT2D eigenvalue weighted by Crippen LogP contribution is 2.29. The summed E-state index contributed by atoms with van der Waals surface area (Å²) in [6.45, 7) is -0.132. The Balaban J connectivity index is 1.67. The van der Waals surface area contributed by atoms with Gasteiger partial charge >= 0.3 is 0 Å². The van der Waals surface area contributed by atoms with E-state index in [1.807, 2.05) is 30.3 Å². The van der Waals surface area contributed by atoms with Gasteiger partial charge in [-0.05, 0) is 24.3 Å². The fraction of sp³-hybridized carbons (Fsp3) is 0.0556. The molecule has 0 aliphatic carbocycles. The summed E-state index contributed by atoms with van der Waals surface area (Å²) in [7, 11) is 0. The molecule has 2 aromatic carbocycles. The largest absolute Gasteiger partial charge is 0.483 e. The molecule has 2 aromatic rings. The standard InChI is InChI=1S/C18H14N2O3S2/c21-16(19-13-7-2-1-3-8-13)11-23-14-9-5-4-6-12(14)10-15-17(22)20-18(24)25-15/h1-10H,11H2,(H,19,21)(H,20,22,24)/b15-10-. The van der Waals surface area contributed by atoms with Crippen LogP contribution in [0.3, 0.4) is 0 Å². The van der Waals surface area contributed by atoms with Crippen molar-refractivity contribution < 1.29 is 14.3 Å². The van der Waals surface area contributed by atoms with Crippen molar-refractivity contribution in [3.05, 3.63) is 65.1 Å². The van der Waals surface area contributed by atoms with Gasteiger partial charge in [0.25, 0.3) is 11.8 Å². The molecule has 1 saturated heterocycles. The smallest absolute Gasteiger partial charge is 0.263 e. The van der Waals surface area contributed by atoms with Crippen LogP contribution in [0.2, 0.25) is 0 Å². The first-order valence-electron chi connectivity index (χ1n) is 7.43. The van der Waals surface area contributed by atoms with Gasteiger partial charge in [0.1, 0.15) is 10.1 Å². The van der Waals surface area contributed by atoms with Crippen LogP contribution >= 0.6 is 24.0 Å². The number of hydrogen-bond acceptors (Lipinski definition) is 5. The zero-order chi connectivity index (χ0) is 17.6. The molecular formula is C18H14N2O3S2. The molecule has 25 heavy (non-hydrogen) atoms. The fourth-order valence-corrected chi connectivity index (χ4v) is 3.19. The zero-order valence-electron chi connectivity index (χ0n) is 13.0. The maximum Gasteiger partial charge on any atom is 0.263 e. The van der Waals surface area contributed by atoms with Crippen LogP contribution in [0.25, 0.3) is 6.08 Å². The molecule has 0 aromatic heterocycles. The van der Waals surface area contributed by atoms with E-state index >= 15 is 0 Å². The van der Waals surface area contributed by atoms with E-state index in [0.29, 0.717) is 26.2 Å². The van der Waals surface area contributed by atoms with Gasteiger partial charge in [-0.3, -0.25) is 9.59 Å². The van der Waals surface area contributed by atoms with Crippen molar-refractivity contribution in [3.63, 3.8) is 0 Å². The number of hydrogen-bond donors (Lipinski definition) is 2. The summed E-state index contributed by atoms with van der Waals surface area (Å²) >= 11 is 6.18. The summed E-state index contributed by atoms with van der Waals surface area (Å²) in [5.74, 6) is 0.0267. The Morgan fingerprint density at radius 3 is 2.60 bits per heavy atom. The number of benzene rings is 2. The van der Waals surface area contributed by atoms with Gasteiger partial charge in [0.15, 0.2) is 6.61 Å². The Labute approximate surface area is 154 Å². The lowest BCUT2D eigenvalue weighted by molar-refractivity contribution is -0.118. The molecule has 0 spiro atoms. The first-order valence-corrected chi connectivity index (χ1v) is 8.66. The lowest BCUT2D eigenvalue weighted by Gasteiger charge is -2.10. The van der Waals surface area contributed by atoms with Crippen LogP contribution < -0.4 is 15.4 Å². The average Bonchev–Trinajstić information content (AvgIpc) is 2.92. The molecule has 5 nitrogen and oxygen atoms in total. The van der Waals surface area contributed by atoms with E-state index in [2.05, 4.69) is 10.6 Å². The molecule has 2 amide bonds. The molecule has 0 bridgehead atoms. The molecule has 2 N–H and O–H groups in total. The minimum atomic E-state index is -0.261. The summed E-state index contributed by atoms with van der Waals surface area (Å²) in [4.78, 5) is 24.3. The number of anilines is 1. The maximum absolute atomic E-state index is 12.0. The molecule has 7 heteroatoms. The van der Waals surface area contributed by atoms with Crippen molar-refractivity contribution in [3.8, 4) is 5.75 Å². The van der Waals surface area contributed by atoms with Crippen molar-refractivity contribution in [2.75, 3.05) is 11.9 Å². The predicted molar refractivity (Wildman–Crippen MR) is 103 cm³/mol. The van der Waals surface area contributed by atoms with Gasteiger partial charge < -0.3 is 15.4 Å². The van der Waals surface area contributed by atoms with Gasteiger partial charge in [0.05, 0.1) is 4.91 Å². The van der Waals surface area contributed by atoms with Crippen molar-refractivity contribution in [1.82, 2.24) is 5.32 Å². The lowest BCUT2D eigenvalue weighted by atomic mass is 10.2. The van der Waals surface area contributed by atoms with Gasteiger partial charge in [-0.1, -0.05) is 60.4 Å². The van der Waals surface area contributed by atoms with Gasteiger partial charge in [-0.15, -0.1) is 0 Å². The molecule has 1 heterocycles. The van der Waals surface area contributed by atoms with Crippen LogP contribution in [0, 0.1) is 0 Å². The first-order chi connectivity index (χ1) is 12.1. The molecule has 126 valence electrons. The number of thioether (sulfide) groups is 1. The Morgan fingerprint density at radius 1 is 1.16 bits per heavy atom. The van der Waals surface area contributed by atoms with Gasteiger partial charge in [-0.25, -0.2) is 0 Å². The van der Waals surface area contributed by atoms with Gasteiger partial charge in [-0.2, -0.15) is 0 Å². The Bertz CT molecular complexity index is 850. The monoisotopic (exact) mass is 370 g/mol. The van der Waals surface area contributed by atoms with Crippen LogP contribution in [-0.4, -0.2) is 22.7 Å². The van der Waals surface area contributed by atoms with Crippen molar-refractivity contribution >= 4 is 51.9 Å². The SMILES string of the molecule is O=C(COc1ccccc1/C=C1\SC(=S)NC1=O)Nc1ccccc1. The number of amides is 2. The first kappa shape index (κ1) is 17.2. The molecule has 0 atom stereocenters. The number of ether oxygens (including phenoxy) is 1. The molecular weight excluding hydrogens is 356 g/mol. The molecule has 1 aliphatic rings. The average molecular weight is 370 g/mol. The highest BCUT2D eigenvalue weighted by atomic mass is 32.2. The van der Waals surface area contributed by atoms with Gasteiger partial charge in [0.2, 0.25) is 0 Å². The maximum atomic E-state index is 12.0. The summed E-state index contributed by atoms with van der Waals surface area (Å²) in [6, 6.07) is 16.4. The third-order valence-corrected chi connectivity index (χ3v) is 4.43. The minimum absolute atomic E-state index is 0.132. The highest BCUT2D eigenvalue weighted by molar-refractivity contribution is 8.26. The zero-order valence-corrected chi connectivity index (χ0v) is 14.7. The Kier molecular flexibility index (Phi) is 5.47. The van der Waals surface area contributed by atoms with Crippen LogP contribution in [-0.2, 0) is 9.59 Å². The topological polar surface area (TPSA) is 67.4 Å². The molecule has 1 fully saturated rings. The van der Waals surface area contributed by atoms with Crippen LogP contribution in [0.15, 0.2) is 59.5 Å². The summed E-state index contributed by atoms with van der Waals surface area (Å²) in [5.41, 5.74) is 1.41. The summed E-state index contributed by atoms with van der Waals surface area (Å²) in [5, 5.41) is 5.32. The van der Waals surface area contributed by atoms with E-state index < -0.39 is 0 Å². The van der Waals surface area contributed by atoms with Crippen LogP contribution in [0.1, 0.15) is 5.56 Å². The number of rotatable bonds is 5. The van der Waals surface area contributed by atoms with Crippen LogP contribution in [0.5, 0.6) is 5.75 Å². The normalized spacial score (nSPS) is 15.1. The summed E-state index contributed by atoms with van der Waals surface area (Å²) < 4.78 is 6.04. The summed E-state index contributed by atoms with van der Waals surface area (Å²) in [6.07, 6.45) is 1.70. The predicted octanol–water partition coefficient (Wildman–Crippen LogP) is 3.19. The number of carbonyl (C=O) groups is 2. The number of carbonyl (C=O) groups excluding carboxylic acids is 2. The fourth-order valence-electron chi connectivity index (χ4n) is 2.16. The quantitative estimate of drug-likeness (QED) is 0.625. The molecule has 1 aliphatic heterocycles. The van der Waals surface area contributed by atoms with E-state index in [1.165, 1.54) is 11.8 Å². The van der Waals surface area contributed by atoms with Crippen molar-refractivity contribution in [1.29, 1.82) is 0 Å². The van der Waals surface area contributed by atoms with E-state index in [9.17, 15) is 9.59 Å². The van der Waals surface area contributed by atoms with Crippen molar-refractivity contribution in [2.45, 2.75) is 0 Å². The third-order valence-electron chi connectivity index (χ3n) is 3.26. The third kappa shape index (κ3) is 4.68. The molecule has 0 saturated carbocycles. The van der Waals surface area contributed by atoms with E-state index in [1.54, 1.807) is 30.3 Å². The number of thiocarbonyl (C=S) groups is 1. The second-order valence-electron chi connectivity index (χ2n) is 5.09. The van der Waals surface area contributed by atoms with E-state index in [4.69, 9.17) is 17.0 Å². The number of nitrogens with one attached hydrogen (secondary N) is 2. The van der Waals surface area contributed by atoms with Crippen molar-refractivity contribution in [2.24, 2.45) is 0 Å². The van der Waals surface area contributed by atoms with Crippen LogP contribution in [0.4, 0.5) is 5.69 Å². The van der Waals surface area contributed by atoms with E-state index in [-0.39, 0.29) is 18.4 Å². The second-order valence-corrected chi connectivity index (χ2v) is 6.81. The molecule has 0 radical (unpaired) electrons. The van der Waals surface area contributed by atoms with E-state index in [0.717, 1.165) is 0 Å². The Hall–Kier alpha value is -2.64. The number of para-hydroxylation sites is 2.